The van der Waals surface area contributed by atoms with E-state index in [0.29, 0.717) is 0 Å². The highest BCUT2D eigenvalue weighted by Gasteiger charge is 2.09. The smallest absolute Gasteiger partial charge is 0.0593 e. The summed E-state index contributed by atoms with van der Waals surface area (Å²) in [5, 5.41) is 3.12. The fourth-order valence-electron chi connectivity index (χ4n) is 1.58. The first kappa shape index (κ1) is 10.7. The number of nitrogens with one attached hydrogen (secondary N) is 1. The Kier molecular flexibility index (Phi) is 5.05. The predicted octanol–water partition coefficient (Wildman–Crippen LogP) is 0.484. The Morgan fingerprint density at radius 3 is 3.08 bits per heavy atom. The normalized spacial score (nSPS) is 19.8. The van der Waals surface area contributed by atoms with E-state index in [1.165, 1.54) is 5.57 Å². The molecule has 0 aromatic carbocycles. The third-order valence-corrected chi connectivity index (χ3v) is 2.19. The van der Waals surface area contributed by atoms with Crippen LogP contribution in [0.25, 0.3) is 0 Å². The third-order valence-electron chi connectivity index (χ3n) is 2.19. The molecule has 1 aliphatic rings. The van der Waals surface area contributed by atoms with Gasteiger partial charge in [0.15, 0.2) is 0 Å². The van der Waals surface area contributed by atoms with Crippen molar-refractivity contribution in [2.75, 3.05) is 46.4 Å². The molecule has 3 nitrogen and oxygen atoms in total. The molecule has 13 heavy (non-hydrogen) atoms. The molecule has 0 saturated carbocycles. The van der Waals surface area contributed by atoms with Crippen molar-refractivity contribution >= 4 is 0 Å². The van der Waals surface area contributed by atoms with Crippen molar-refractivity contribution in [3.05, 3.63) is 12.2 Å². The quantitative estimate of drug-likeness (QED) is 0.643. The van der Waals surface area contributed by atoms with Crippen molar-refractivity contribution < 1.29 is 4.74 Å². The standard InChI is InChI=1S/C10H20N2O/c1-10(8-11-2)9-12-4-3-6-13-7-5-12/h11H,1,3-9H2,2H3. The minimum absolute atomic E-state index is 0.868. The molecule has 1 saturated heterocycles. The summed E-state index contributed by atoms with van der Waals surface area (Å²) >= 11 is 0. The Labute approximate surface area is 80.8 Å². The largest absolute Gasteiger partial charge is 0.380 e. The van der Waals surface area contributed by atoms with Crippen LogP contribution in [-0.2, 0) is 4.74 Å². The van der Waals surface area contributed by atoms with Crippen LogP contribution in [0.2, 0.25) is 0 Å². The highest BCUT2D eigenvalue weighted by atomic mass is 16.5. The molecular weight excluding hydrogens is 164 g/mol. The van der Waals surface area contributed by atoms with E-state index in [4.69, 9.17) is 4.74 Å². The van der Waals surface area contributed by atoms with Crippen LogP contribution in [-0.4, -0.2) is 51.3 Å². The van der Waals surface area contributed by atoms with E-state index in [0.717, 1.165) is 45.8 Å². The van der Waals surface area contributed by atoms with Crippen LogP contribution >= 0.6 is 0 Å². The molecule has 0 bridgehead atoms. The molecule has 1 aliphatic heterocycles. The van der Waals surface area contributed by atoms with Crippen LogP contribution < -0.4 is 5.32 Å². The Bertz CT molecular complexity index is 151. The van der Waals surface area contributed by atoms with Gasteiger partial charge in [0.1, 0.15) is 0 Å². The second-order valence-electron chi connectivity index (χ2n) is 3.52. The van der Waals surface area contributed by atoms with Crippen molar-refractivity contribution in [3.8, 4) is 0 Å². The van der Waals surface area contributed by atoms with Crippen molar-refractivity contribution in [2.45, 2.75) is 6.42 Å². The van der Waals surface area contributed by atoms with Gasteiger partial charge in [-0.2, -0.15) is 0 Å². The van der Waals surface area contributed by atoms with Gasteiger partial charge in [0.05, 0.1) is 6.61 Å². The van der Waals surface area contributed by atoms with Crippen LogP contribution in [0.5, 0.6) is 0 Å². The van der Waals surface area contributed by atoms with Crippen LogP contribution in [0.15, 0.2) is 12.2 Å². The van der Waals surface area contributed by atoms with Crippen molar-refractivity contribution in [2.24, 2.45) is 0 Å². The summed E-state index contributed by atoms with van der Waals surface area (Å²) in [6.45, 7) is 9.91. The minimum atomic E-state index is 0.868. The number of ether oxygens (including phenoxy) is 1. The predicted molar refractivity (Wildman–Crippen MR) is 54.9 cm³/mol. The number of rotatable bonds is 4. The minimum Gasteiger partial charge on any atom is -0.380 e. The van der Waals surface area contributed by atoms with Crippen LogP contribution in [0, 0.1) is 0 Å². The number of nitrogens with zero attached hydrogens (tertiary/aromatic N) is 1. The van der Waals surface area contributed by atoms with Gasteiger partial charge in [-0.1, -0.05) is 6.58 Å². The van der Waals surface area contributed by atoms with E-state index in [-0.39, 0.29) is 0 Å². The number of likely N-dealkylation sites (N-methyl/N-ethyl adjacent to an activating group) is 1. The van der Waals surface area contributed by atoms with Crippen LogP contribution in [0.1, 0.15) is 6.42 Å². The summed E-state index contributed by atoms with van der Waals surface area (Å²) in [5.41, 5.74) is 1.25. The second-order valence-corrected chi connectivity index (χ2v) is 3.52. The van der Waals surface area contributed by atoms with E-state index in [1.807, 2.05) is 7.05 Å². The van der Waals surface area contributed by atoms with Gasteiger partial charge < -0.3 is 10.1 Å². The Morgan fingerprint density at radius 1 is 1.46 bits per heavy atom. The molecule has 3 heteroatoms. The zero-order valence-corrected chi connectivity index (χ0v) is 8.51. The lowest BCUT2D eigenvalue weighted by Gasteiger charge is -2.20. The molecule has 1 fully saturated rings. The van der Waals surface area contributed by atoms with Gasteiger partial charge >= 0.3 is 0 Å². The Morgan fingerprint density at radius 2 is 2.31 bits per heavy atom. The number of hydrogen-bond donors (Lipinski definition) is 1. The lowest BCUT2D eigenvalue weighted by Crippen LogP contribution is -2.30. The summed E-state index contributed by atoms with van der Waals surface area (Å²) in [5.74, 6) is 0. The molecule has 0 atom stereocenters. The molecule has 0 unspecified atom stereocenters. The lowest BCUT2D eigenvalue weighted by molar-refractivity contribution is 0.142. The SMILES string of the molecule is C=C(CNC)CN1CCCOCC1. The van der Waals surface area contributed by atoms with Crippen LogP contribution in [0.3, 0.4) is 0 Å². The summed E-state index contributed by atoms with van der Waals surface area (Å²) in [4.78, 5) is 2.41. The molecule has 76 valence electrons. The first-order valence-electron chi connectivity index (χ1n) is 4.94. The maximum atomic E-state index is 5.38. The van der Waals surface area contributed by atoms with Crippen molar-refractivity contribution in [3.63, 3.8) is 0 Å². The van der Waals surface area contributed by atoms with E-state index in [1.54, 1.807) is 0 Å². The van der Waals surface area contributed by atoms with Crippen molar-refractivity contribution in [1.29, 1.82) is 0 Å². The molecule has 0 aliphatic carbocycles. The molecule has 1 N–H and O–H groups in total. The molecule has 1 heterocycles. The van der Waals surface area contributed by atoms with Crippen LogP contribution in [0.4, 0.5) is 0 Å². The molecular formula is C10H20N2O. The summed E-state index contributed by atoms with van der Waals surface area (Å²) in [7, 11) is 1.96. The summed E-state index contributed by atoms with van der Waals surface area (Å²) < 4.78 is 5.38. The monoisotopic (exact) mass is 184 g/mol. The fourth-order valence-corrected chi connectivity index (χ4v) is 1.58. The van der Waals surface area contributed by atoms with Gasteiger partial charge in [-0.25, -0.2) is 0 Å². The van der Waals surface area contributed by atoms with E-state index < -0.39 is 0 Å². The van der Waals surface area contributed by atoms with Crippen molar-refractivity contribution in [1.82, 2.24) is 10.2 Å². The zero-order chi connectivity index (χ0) is 9.52. The van der Waals surface area contributed by atoms with Gasteiger partial charge in [0.2, 0.25) is 0 Å². The summed E-state index contributed by atoms with van der Waals surface area (Å²) in [6.07, 6.45) is 1.15. The maximum Gasteiger partial charge on any atom is 0.0593 e. The lowest BCUT2D eigenvalue weighted by atomic mass is 10.2. The first-order chi connectivity index (χ1) is 6.33. The van der Waals surface area contributed by atoms with E-state index in [2.05, 4.69) is 16.8 Å². The Hall–Kier alpha value is -0.380. The fraction of sp³-hybridized carbons (Fsp3) is 0.800. The van der Waals surface area contributed by atoms with E-state index >= 15 is 0 Å². The number of hydrogen-bond acceptors (Lipinski definition) is 3. The maximum absolute atomic E-state index is 5.38. The summed E-state index contributed by atoms with van der Waals surface area (Å²) in [6, 6.07) is 0. The molecule has 0 aromatic rings. The van der Waals surface area contributed by atoms with Gasteiger partial charge in [-0.3, -0.25) is 4.90 Å². The highest BCUT2D eigenvalue weighted by molar-refractivity contribution is 4.99. The molecule has 0 amide bonds. The Balaban J connectivity index is 2.21. The zero-order valence-electron chi connectivity index (χ0n) is 8.51. The van der Waals surface area contributed by atoms with E-state index in [9.17, 15) is 0 Å². The van der Waals surface area contributed by atoms with Gasteiger partial charge in [0, 0.05) is 32.8 Å². The molecule has 0 radical (unpaired) electrons. The van der Waals surface area contributed by atoms with Gasteiger partial charge in [0.25, 0.3) is 0 Å². The molecule has 0 aromatic heterocycles. The average Bonchev–Trinajstić information content (AvgIpc) is 2.33. The van der Waals surface area contributed by atoms with Gasteiger partial charge in [-0.05, 0) is 19.0 Å². The topological polar surface area (TPSA) is 24.5 Å². The highest BCUT2D eigenvalue weighted by Crippen LogP contribution is 2.01. The third kappa shape index (κ3) is 4.41. The van der Waals surface area contributed by atoms with Gasteiger partial charge in [-0.15, -0.1) is 0 Å². The average molecular weight is 184 g/mol. The first-order valence-corrected chi connectivity index (χ1v) is 4.94. The molecule has 0 spiro atoms. The molecule has 1 rings (SSSR count). The second kappa shape index (κ2) is 6.13.